The van der Waals surface area contributed by atoms with Crippen molar-refractivity contribution in [2.75, 3.05) is 26.2 Å². The third-order valence-electron chi connectivity index (χ3n) is 4.33. The third-order valence-corrected chi connectivity index (χ3v) is 4.33. The van der Waals surface area contributed by atoms with Gasteiger partial charge in [-0.2, -0.15) is 0 Å². The second-order valence-electron chi connectivity index (χ2n) is 6.00. The van der Waals surface area contributed by atoms with Crippen LogP contribution in [0.25, 0.3) is 10.9 Å². The van der Waals surface area contributed by atoms with Crippen molar-refractivity contribution in [1.82, 2.24) is 14.5 Å². The molecule has 0 fully saturated rings. The lowest BCUT2D eigenvalue weighted by Gasteiger charge is -2.17. The first-order valence-electron chi connectivity index (χ1n) is 9.03. The first-order chi connectivity index (χ1) is 11.7. The zero-order valence-electron chi connectivity index (χ0n) is 15.1. The van der Waals surface area contributed by atoms with Crippen LogP contribution >= 0.6 is 0 Å². The number of rotatable bonds is 10. The first-order valence-corrected chi connectivity index (χ1v) is 9.03. The molecule has 0 aliphatic carbocycles. The Balaban J connectivity index is 2.07. The summed E-state index contributed by atoms with van der Waals surface area (Å²) in [5.74, 6) is 0.780. The van der Waals surface area contributed by atoms with Crippen molar-refractivity contribution in [1.29, 1.82) is 0 Å². The van der Waals surface area contributed by atoms with Gasteiger partial charge in [0.15, 0.2) is 0 Å². The monoisotopic (exact) mass is 331 g/mol. The van der Waals surface area contributed by atoms with Crippen molar-refractivity contribution in [3.63, 3.8) is 0 Å². The van der Waals surface area contributed by atoms with Crippen LogP contribution in [0.5, 0.6) is 5.75 Å². The summed E-state index contributed by atoms with van der Waals surface area (Å²) < 4.78 is 7.40. The summed E-state index contributed by atoms with van der Waals surface area (Å²) in [7, 11) is 0. The zero-order valence-corrected chi connectivity index (χ0v) is 15.1. The van der Waals surface area contributed by atoms with Gasteiger partial charge in [-0.1, -0.05) is 27.2 Å². The topological polar surface area (TPSA) is 47.4 Å². The van der Waals surface area contributed by atoms with Crippen LogP contribution in [0.3, 0.4) is 0 Å². The molecule has 2 rings (SSSR count). The van der Waals surface area contributed by atoms with Crippen LogP contribution < -0.4 is 10.3 Å². The summed E-state index contributed by atoms with van der Waals surface area (Å²) in [5.41, 5.74) is 0.730. The Hall–Kier alpha value is -1.88. The molecule has 1 aromatic heterocycles. The van der Waals surface area contributed by atoms with Gasteiger partial charge in [-0.25, -0.2) is 4.98 Å². The van der Waals surface area contributed by atoms with Gasteiger partial charge in [-0.15, -0.1) is 0 Å². The Morgan fingerprint density at radius 1 is 1.17 bits per heavy atom. The molecular formula is C19H29N3O2. The standard InChI is InChI=1S/C19H29N3O2/c1-4-7-13-24-16-9-10-17-18(14-16)20-15-22(19(17)23)12-8-11-21(5-2)6-3/h9-10,14-15H,4-8,11-13H2,1-3H3. The molecule has 0 radical (unpaired) electrons. The Morgan fingerprint density at radius 3 is 2.67 bits per heavy atom. The van der Waals surface area contributed by atoms with Gasteiger partial charge in [0.05, 0.1) is 23.8 Å². The molecule has 0 saturated carbocycles. The van der Waals surface area contributed by atoms with Crippen LogP contribution in [-0.4, -0.2) is 40.7 Å². The van der Waals surface area contributed by atoms with E-state index in [2.05, 4.69) is 30.7 Å². The summed E-state index contributed by atoms with van der Waals surface area (Å²) in [4.78, 5) is 19.4. The molecule has 2 aromatic rings. The molecule has 0 unspecified atom stereocenters. The Morgan fingerprint density at radius 2 is 1.96 bits per heavy atom. The number of nitrogens with zero attached hydrogens (tertiary/aromatic N) is 3. The quantitative estimate of drug-likeness (QED) is 0.627. The highest BCUT2D eigenvalue weighted by molar-refractivity contribution is 5.78. The fraction of sp³-hybridized carbons (Fsp3) is 0.579. The van der Waals surface area contributed by atoms with E-state index in [-0.39, 0.29) is 5.56 Å². The van der Waals surface area contributed by atoms with Crippen molar-refractivity contribution in [2.45, 2.75) is 46.6 Å². The van der Waals surface area contributed by atoms with Gasteiger partial charge in [0, 0.05) is 12.6 Å². The van der Waals surface area contributed by atoms with Crippen LogP contribution in [0.15, 0.2) is 29.3 Å². The highest BCUT2D eigenvalue weighted by Gasteiger charge is 2.06. The van der Waals surface area contributed by atoms with E-state index in [0.717, 1.165) is 44.6 Å². The van der Waals surface area contributed by atoms with Gasteiger partial charge >= 0.3 is 0 Å². The predicted molar refractivity (Wildman–Crippen MR) is 98.8 cm³/mol. The van der Waals surface area contributed by atoms with E-state index < -0.39 is 0 Å². The largest absolute Gasteiger partial charge is 0.494 e. The lowest BCUT2D eigenvalue weighted by Crippen LogP contribution is -2.27. The summed E-state index contributed by atoms with van der Waals surface area (Å²) in [5, 5.41) is 0.656. The van der Waals surface area contributed by atoms with Crippen LogP contribution in [0.1, 0.15) is 40.0 Å². The number of fused-ring (bicyclic) bond motifs is 1. The summed E-state index contributed by atoms with van der Waals surface area (Å²) in [6.07, 6.45) is 4.74. The molecule has 132 valence electrons. The van der Waals surface area contributed by atoms with Crippen LogP contribution in [-0.2, 0) is 6.54 Å². The van der Waals surface area contributed by atoms with Crippen LogP contribution in [0.4, 0.5) is 0 Å². The minimum Gasteiger partial charge on any atom is -0.494 e. The van der Waals surface area contributed by atoms with Gasteiger partial charge < -0.3 is 9.64 Å². The van der Waals surface area contributed by atoms with Gasteiger partial charge in [0.2, 0.25) is 0 Å². The van der Waals surface area contributed by atoms with E-state index in [1.165, 1.54) is 0 Å². The van der Waals surface area contributed by atoms with Gasteiger partial charge in [-0.3, -0.25) is 9.36 Å². The molecule has 0 spiro atoms. The number of benzene rings is 1. The fourth-order valence-electron chi connectivity index (χ4n) is 2.73. The SMILES string of the molecule is CCCCOc1ccc2c(=O)n(CCCN(CC)CC)cnc2c1. The first kappa shape index (κ1) is 18.5. The molecule has 0 atom stereocenters. The lowest BCUT2D eigenvalue weighted by atomic mass is 10.2. The van der Waals surface area contributed by atoms with Crippen LogP contribution in [0.2, 0.25) is 0 Å². The number of hydrogen-bond acceptors (Lipinski definition) is 4. The normalized spacial score (nSPS) is 11.3. The maximum absolute atomic E-state index is 12.6. The van der Waals surface area contributed by atoms with Crippen LogP contribution in [0, 0.1) is 0 Å². The van der Waals surface area contributed by atoms with Gasteiger partial charge in [-0.05, 0) is 44.6 Å². The van der Waals surface area contributed by atoms with Gasteiger partial charge in [0.1, 0.15) is 5.75 Å². The summed E-state index contributed by atoms with van der Waals surface area (Å²) in [6.45, 7) is 10.9. The van der Waals surface area contributed by atoms with E-state index in [1.807, 2.05) is 18.2 Å². The number of ether oxygens (including phenoxy) is 1. The van der Waals surface area contributed by atoms with E-state index >= 15 is 0 Å². The third kappa shape index (κ3) is 4.81. The zero-order chi connectivity index (χ0) is 17.4. The molecular weight excluding hydrogens is 302 g/mol. The molecule has 0 amide bonds. The summed E-state index contributed by atoms with van der Waals surface area (Å²) >= 11 is 0. The van der Waals surface area contributed by atoms with Crippen molar-refractivity contribution >= 4 is 10.9 Å². The second kappa shape index (κ2) is 9.42. The maximum Gasteiger partial charge on any atom is 0.261 e. The smallest absolute Gasteiger partial charge is 0.261 e. The fourth-order valence-corrected chi connectivity index (χ4v) is 2.73. The molecule has 0 aliphatic rings. The molecule has 0 N–H and O–H groups in total. The van der Waals surface area contributed by atoms with Gasteiger partial charge in [0.25, 0.3) is 5.56 Å². The van der Waals surface area contributed by atoms with Crippen molar-refractivity contribution in [2.24, 2.45) is 0 Å². The van der Waals surface area contributed by atoms with Crippen molar-refractivity contribution < 1.29 is 4.74 Å². The molecule has 0 aliphatic heterocycles. The molecule has 5 heteroatoms. The Labute approximate surface area is 144 Å². The molecule has 1 heterocycles. The number of aryl methyl sites for hydroxylation is 1. The average molecular weight is 331 g/mol. The highest BCUT2D eigenvalue weighted by atomic mass is 16.5. The predicted octanol–water partition coefficient (Wildman–Crippen LogP) is 3.31. The molecule has 0 saturated heterocycles. The second-order valence-corrected chi connectivity index (χ2v) is 6.00. The molecule has 1 aromatic carbocycles. The minimum absolute atomic E-state index is 0.0275. The van der Waals surface area contributed by atoms with E-state index in [1.54, 1.807) is 10.9 Å². The number of aromatic nitrogens is 2. The number of unbranched alkanes of at least 4 members (excludes halogenated alkanes) is 1. The van der Waals surface area contributed by atoms with E-state index in [0.29, 0.717) is 24.1 Å². The minimum atomic E-state index is 0.0275. The van der Waals surface area contributed by atoms with E-state index in [9.17, 15) is 4.79 Å². The molecule has 0 bridgehead atoms. The van der Waals surface area contributed by atoms with E-state index in [4.69, 9.17) is 4.74 Å². The van der Waals surface area contributed by atoms with Crippen molar-refractivity contribution in [3.8, 4) is 5.75 Å². The number of hydrogen-bond donors (Lipinski definition) is 0. The Kier molecular flexibility index (Phi) is 7.25. The average Bonchev–Trinajstić information content (AvgIpc) is 2.61. The highest BCUT2D eigenvalue weighted by Crippen LogP contribution is 2.17. The maximum atomic E-state index is 12.6. The summed E-state index contributed by atoms with van der Waals surface area (Å²) in [6, 6.07) is 5.54. The lowest BCUT2D eigenvalue weighted by molar-refractivity contribution is 0.292. The Bertz CT molecular complexity index is 693. The molecule has 24 heavy (non-hydrogen) atoms. The molecule has 5 nitrogen and oxygen atoms in total. The van der Waals surface area contributed by atoms with Crippen molar-refractivity contribution in [3.05, 3.63) is 34.9 Å².